The fourth-order valence-electron chi connectivity index (χ4n) is 3.21. The molecule has 4 heteroatoms. The molecule has 0 aliphatic carbocycles. The summed E-state index contributed by atoms with van der Waals surface area (Å²) in [6.07, 6.45) is 2.44. The van der Waals surface area contributed by atoms with Crippen molar-refractivity contribution in [3.8, 4) is 0 Å². The molecule has 18 heavy (non-hydrogen) atoms. The van der Waals surface area contributed by atoms with Crippen molar-refractivity contribution in [2.45, 2.75) is 57.8 Å². The number of rotatable bonds is 5. The lowest BCUT2D eigenvalue weighted by Crippen LogP contribution is -2.57. The van der Waals surface area contributed by atoms with E-state index in [1.165, 1.54) is 25.9 Å². The van der Waals surface area contributed by atoms with Crippen LogP contribution in [0.3, 0.4) is 0 Å². The molecule has 0 spiro atoms. The van der Waals surface area contributed by atoms with Gasteiger partial charge in [0.1, 0.15) is 0 Å². The molecule has 4 nitrogen and oxygen atoms in total. The minimum absolute atomic E-state index is 0.247. The van der Waals surface area contributed by atoms with Crippen LogP contribution in [0, 0.1) is 0 Å². The first-order valence-corrected chi connectivity index (χ1v) is 7.46. The van der Waals surface area contributed by atoms with Gasteiger partial charge in [-0.3, -0.25) is 9.80 Å². The SMILES string of the molecule is CC(C)NCC(O)CN1CC2CCCN2CC1C. The summed E-state index contributed by atoms with van der Waals surface area (Å²) in [5, 5.41) is 13.4. The molecule has 0 aromatic rings. The lowest BCUT2D eigenvalue weighted by Gasteiger charge is -2.43. The highest BCUT2D eigenvalue weighted by molar-refractivity contribution is 4.91. The van der Waals surface area contributed by atoms with Crippen LogP contribution in [0.15, 0.2) is 0 Å². The zero-order valence-corrected chi connectivity index (χ0v) is 12.1. The van der Waals surface area contributed by atoms with E-state index in [0.29, 0.717) is 18.6 Å². The number of hydrogen-bond acceptors (Lipinski definition) is 4. The van der Waals surface area contributed by atoms with Gasteiger partial charge in [-0.15, -0.1) is 0 Å². The molecular formula is C14H29N3O. The summed E-state index contributed by atoms with van der Waals surface area (Å²) in [6, 6.07) is 1.77. The minimum Gasteiger partial charge on any atom is -0.390 e. The van der Waals surface area contributed by atoms with Crippen molar-refractivity contribution in [1.82, 2.24) is 15.1 Å². The molecule has 2 saturated heterocycles. The van der Waals surface area contributed by atoms with E-state index in [9.17, 15) is 5.11 Å². The average Bonchev–Trinajstić information content (AvgIpc) is 2.74. The lowest BCUT2D eigenvalue weighted by molar-refractivity contribution is 0.0229. The lowest BCUT2D eigenvalue weighted by atomic mass is 10.1. The Balaban J connectivity index is 1.77. The normalized spacial score (nSPS) is 31.8. The third-order valence-electron chi connectivity index (χ3n) is 4.27. The molecule has 2 aliphatic heterocycles. The van der Waals surface area contributed by atoms with E-state index in [-0.39, 0.29) is 6.10 Å². The smallest absolute Gasteiger partial charge is 0.0791 e. The Morgan fingerprint density at radius 3 is 2.83 bits per heavy atom. The maximum Gasteiger partial charge on any atom is 0.0791 e. The second-order valence-corrected chi connectivity index (χ2v) is 6.31. The van der Waals surface area contributed by atoms with Gasteiger partial charge in [-0.1, -0.05) is 13.8 Å². The summed E-state index contributed by atoms with van der Waals surface area (Å²) < 4.78 is 0. The molecule has 3 atom stereocenters. The highest BCUT2D eigenvalue weighted by atomic mass is 16.3. The van der Waals surface area contributed by atoms with Gasteiger partial charge < -0.3 is 10.4 Å². The van der Waals surface area contributed by atoms with Gasteiger partial charge in [0.15, 0.2) is 0 Å². The van der Waals surface area contributed by atoms with Crippen molar-refractivity contribution in [1.29, 1.82) is 0 Å². The van der Waals surface area contributed by atoms with Gasteiger partial charge in [0.05, 0.1) is 6.10 Å². The Hall–Kier alpha value is -0.160. The van der Waals surface area contributed by atoms with Crippen LogP contribution in [0.2, 0.25) is 0 Å². The molecule has 0 amide bonds. The number of β-amino-alcohol motifs (C(OH)–C–C–N with tert-alkyl or cyclic N) is 1. The zero-order valence-electron chi connectivity index (χ0n) is 12.1. The van der Waals surface area contributed by atoms with Crippen LogP contribution in [-0.2, 0) is 0 Å². The number of hydrogen-bond donors (Lipinski definition) is 2. The number of nitrogens with zero attached hydrogens (tertiary/aromatic N) is 2. The van der Waals surface area contributed by atoms with Crippen molar-refractivity contribution >= 4 is 0 Å². The summed E-state index contributed by atoms with van der Waals surface area (Å²) in [6.45, 7) is 11.6. The molecule has 2 rings (SSSR count). The molecule has 2 fully saturated rings. The van der Waals surface area contributed by atoms with Gasteiger partial charge in [0, 0.05) is 44.3 Å². The maximum atomic E-state index is 10.1. The highest BCUT2D eigenvalue weighted by Gasteiger charge is 2.34. The molecule has 0 bridgehead atoms. The molecule has 3 unspecified atom stereocenters. The van der Waals surface area contributed by atoms with Crippen LogP contribution in [0.4, 0.5) is 0 Å². The third-order valence-corrected chi connectivity index (χ3v) is 4.27. The largest absolute Gasteiger partial charge is 0.390 e. The molecule has 2 heterocycles. The molecule has 106 valence electrons. The second-order valence-electron chi connectivity index (χ2n) is 6.31. The maximum absolute atomic E-state index is 10.1. The van der Waals surface area contributed by atoms with Gasteiger partial charge in [-0.05, 0) is 26.3 Å². The van der Waals surface area contributed by atoms with Crippen LogP contribution < -0.4 is 5.32 Å². The Bertz CT molecular complexity index is 259. The van der Waals surface area contributed by atoms with Crippen LogP contribution in [0.1, 0.15) is 33.6 Å². The monoisotopic (exact) mass is 255 g/mol. The van der Waals surface area contributed by atoms with E-state index in [2.05, 4.69) is 35.9 Å². The van der Waals surface area contributed by atoms with E-state index in [1.54, 1.807) is 0 Å². The molecule has 0 saturated carbocycles. The standard InChI is InChI=1S/C14H29N3O/c1-11(2)15-7-14(18)10-17-9-13-5-4-6-16(13)8-12(17)3/h11-15,18H,4-10H2,1-3H3. The van der Waals surface area contributed by atoms with Gasteiger partial charge in [-0.25, -0.2) is 0 Å². The predicted octanol–water partition coefficient (Wildman–Crippen LogP) is 0.514. The molecular weight excluding hydrogens is 226 g/mol. The van der Waals surface area contributed by atoms with E-state index >= 15 is 0 Å². The van der Waals surface area contributed by atoms with E-state index in [4.69, 9.17) is 0 Å². The molecule has 0 aromatic heterocycles. The Labute approximate surface area is 111 Å². The first-order valence-electron chi connectivity index (χ1n) is 7.46. The van der Waals surface area contributed by atoms with E-state index in [1.807, 2.05) is 0 Å². The quantitative estimate of drug-likeness (QED) is 0.751. The zero-order chi connectivity index (χ0) is 13.1. The number of piperazine rings is 1. The number of aliphatic hydroxyl groups excluding tert-OH is 1. The summed E-state index contributed by atoms with van der Waals surface area (Å²) >= 11 is 0. The highest BCUT2D eigenvalue weighted by Crippen LogP contribution is 2.24. The second kappa shape index (κ2) is 6.33. The molecule has 2 N–H and O–H groups in total. The Morgan fingerprint density at radius 2 is 2.11 bits per heavy atom. The number of fused-ring (bicyclic) bond motifs is 1. The van der Waals surface area contributed by atoms with Crippen molar-refractivity contribution in [2.75, 3.05) is 32.7 Å². The minimum atomic E-state index is -0.247. The van der Waals surface area contributed by atoms with Gasteiger partial charge in [0.25, 0.3) is 0 Å². The first-order chi connectivity index (χ1) is 8.56. The van der Waals surface area contributed by atoms with Crippen LogP contribution in [0.5, 0.6) is 0 Å². The van der Waals surface area contributed by atoms with E-state index in [0.717, 1.165) is 19.1 Å². The van der Waals surface area contributed by atoms with Gasteiger partial charge in [-0.2, -0.15) is 0 Å². The predicted molar refractivity (Wildman–Crippen MR) is 74.8 cm³/mol. The van der Waals surface area contributed by atoms with Gasteiger partial charge >= 0.3 is 0 Å². The Kier molecular flexibility index (Phi) is 5.01. The van der Waals surface area contributed by atoms with Crippen molar-refractivity contribution in [3.05, 3.63) is 0 Å². The van der Waals surface area contributed by atoms with Crippen molar-refractivity contribution in [2.24, 2.45) is 0 Å². The average molecular weight is 255 g/mol. The van der Waals surface area contributed by atoms with Crippen molar-refractivity contribution < 1.29 is 5.11 Å². The topological polar surface area (TPSA) is 38.7 Å². The summed E-state index contributed by atoms with van der Waals surface area (Å²) in [5.74, 6) is 0. The summed E-state index contributed by atoms with van der Waals surface area (Å²) in [5.41, 5.74) is 0. The van der Waals surface area contributed by atoms with Crippen LogP contribution >= 0.6 is 0 Å². The third kappa shape index (κ3) is 3.67. The number of nitrogens with one attached hydrogen (secondary N) is 1. The van der Waals surface area contributed by atoms with Crippen LogP contribution in [0.25, 0.3) is 0 Å². The van der Waals surface area contributed by atoms with E-state index < -0.39 is 0 Å². The summed E-state index contributed by atoms with van der Waals surface area (Å²) in [4.78, 5) is 5.10. The first kappa shape index (κ1) is 14.3. The fourth-order valence-corrected chi connectivity index (χ4v) is 3.21. The fraction of sp³-hybridized carbons (Fsp3) is 1.00. The van der Waals surface area contributed by atoms with Crippen LogP contribution in [-0.4, -0.2) is 71.9 Å². The number of aliphatic hydroxyl groups is 1. The molecule has 0 radical (unpaired) electrons. The van der Waals surface area contributed by atoms with Gasteiger partial charge in [0.2, 0.25) is 0 Å². The summed E-state index contributed by atoms with van der Waals surface area (Å²) in [7, 11) is 0. The van der Waals surface area contributed by atoms with Crippen molar-refractivity contribution in [3.63, 3.8) is 0 Å². The molecule has 0 aromatic carbocycles. The molecule has 2 aliphatic rings. The Morgan fingerprint density at radius 1 is 1.33 bits per heavy atom.